The summed E-state index contributed by atoms with van der Waals surface area (Å²) < 4.78 is 1.67. The Kier molecular flexibility index (Phi) is 5.38. The first-order valence-electron chi connectivity index (χ1n) is 8.86. The predicted molar refractivity (Wildman–Crippen MR) is 98.4 cm³/mol. The van der Waals surface area contributed by atoms with Crippen LogP contribution in [0.25, 0.3) is 11.3 Å². The molecule has 0 unspecified atom stereocenters. The number of nitrogens with one attached hydrogen (secondary N) is 2. The van der Waals surface area contributed by atoms with Crippen molar-refractivity contribution in [2.24, 2.45) is 13.0 Å². The summed E-state index contributed by atoms with van der Waals surface area (Å²) in [7, 11) is 1.81. The first kappa shape index (κ1) is 17.5. The van der Waals surface area contributed by atoms with Crippen molar-refractivity contribution in [1.29, 1.82) is 0 Å². The summed E-state index contributed by atoms with van der Waals surface area (Å²) in [4.78, 5) is 12.2. The van der Waals surface area contributed by atoms with E-state index < -0.39 is 0 Å². The fraction of sp³-hybridized carbons (Fsp3) is 0.474. The molecule has 6 nitrogen and oxygen atoms in total. The van der Waals surface area contributed by atoms with E-state index in [0.29, 0.717) is 18.3 Å². The number of nitrogens with zero attached hydrogens (tertiary/aromatic N) is 2. The summed E-state index contributed by atoms with van der Waals surface area (Å²) in [5.41, 5.74) is 3.04. The van der Waals surface area contributed by atoms with Crippen LogP contribution in [-0.2, 0) is 7.05 Å². The molecule has 1 aliphatic rings. The summed E-state index contributed by atoms with van der Waals surface area (Å²) in [5.74, 6) is 1.00. The predicted octanol–water partition coefficient (Wildman–Crippen LogP) is 3.07. The third-order valence-electron chi connectivity index (χ3n) is 4.85. The number of benzene rings is 1. The molecule has 2 atom stereocenters. The fourth-order valence-corrected chi connectivity index (χ4v) is 3.42. The van der Waals surface area contributed by atoms with Gasteiger partial charge in [-0.05, 0) is 37.7 Å². The minimum Gasteiger partial charge on any atom is -0.393 e. The molecule has 1 aromatic carbocycles. The summed E-state index contributed by atoms with van der Waals surface area (Å²) in [6.45, 7) is 2.63. The van der Waals surface area contributed by atoms with Crippen molar-refractivity contribution >= 4 is 11.8 Å². The van der Waals surface area contributed by atoms with Gasteiger partial charge in [-0.25, -0.2) is 4.79 Å². The Bertz CT molecular complexity index is 741. The first-order valence-corrected chi connectivity index (χ1v) is 8.86. The molecule has 0 saturated heterocycles. The van der Waals surface area contributed by atoms with Gasteiger partial charge in [0.15, 0.2) is 0 Å². The molecular formula is C19H26N4O2. The van der Waals surface area contributed by atoms with Gasteiger partial charge in [0.25, 0.3) is 0 Å². The van der Waals surface area contributed by atoms with Crippen molar-refractivity contribution in [2.75, 3.05) is 11.9 Å². The number of hydrogen-bond acceptors (Lipinski definition) is 3. The van der Waals surface area contributed by atoms with E-state index in [4.69, 9.17) is 0 Å². The van der Waals surface area contributed by atoms with E-state index >= 15 is 0 Å². The van der Waals surface area contributed by atoms with E-state index in [1.54, 1.807) is 4.68 Å². The minimum absolute atomic E-state index is 0.225. The number of hydrogen-bond donors (Lipinski definition) is 3. The lowest BCUT2D eigenvalue weighted by molar-refractivity contribution is 0.101. The Morgan fingerprint density at radius 2 is 2.16 bits per heavy atom. The van der Waals surface area contributed by atoms with E-state index in [-0.39, 0.29) is 12.1 Å². The highest BCUT2D eigenvalue weighted by Gasteiger charge is 2.20. The molecule has 3 rings (SSSR count). The largest absolute Gasteiger partial charge is 0.393 e. The van der Waals surface area contributed by atoms with Gasteiger partial charge in [-0.3, -0.25) is 10.00 Å². The van der Waals surface area contributed by atoms with Crippen LogP contribution in [0.4, 0.5) is 10.6 Å². The molecule has 1 fully saturated rings. The summed E-state index contributed by atoms with van der Waals surface area (Å²) in [6, 6.07) is 9.69. The second-order valence-electron chi connectivity index (χ2n) is 6.87. The Labute approximate surface area is 148 Å². The Morgan fingerprint density at radius 1 is 1.36 bits per heavy atom. The molecule has 2 aromatic rings. The molecular weight excluding hydrogens is 316 g/mol. The van der Waals surface area contributed by atoms with Crippen LogP contribution >= 0.6 is 0 Å². The van der Waals surface area contributed by atoms with Gasteiger partial charge < -0.3 is 10.4 Å². The van der Waals surface area contributed by atoms with E-state index in [1.807, 2.05) is 44.3 Å². The van der Waals surface area contributed by atoms with Gasteiger partial charge in [-0.15, -0.1) is 0 Å². The first-order chi connectivity index (χ1) is 12.0. The summed E-state index contributed by atoms with van der Waals surface area (Å²) in [6.07, 6.45) is 3.50. The quantitative estimate of drug-likeness (QED) is 0.799. The molecule has 1 heterocycles. The van der Waals surface area contributed by atoms with Gasteiger partial charge in [0.1, 0.15) is 5.82 Å². The number of amides is 2. The Balaban J connectivity index is 1.59. The average Bonchev–Trinajstić information content (AvgIpc) is 2.94. The number of aliphatic hydroxyl groups excluding tert-OH is 1. The van der Waals surface area contributed by atoms with Crippen molar-refractivity contribution in [3.8, 4) is 11.3 Å². The topological polar surface area (TPSA) is 79.2 Å². The van der Waals surface area contributed by atoms with Gasteiger partial charge >= 0.3 is 6.03 Å². The van der Waals surface area contributed by atoms with Crippen LogP contribution in [0.1, 0.15) is 31.2 Å². The second kappa shape index (κ2) is 7.70. The molecule has 0 aliphatic heterocycles. The summed E-state index contributed by atoms with van der Waals surface area (Å²) >= 11 is 0. The number of carbonyl (C=O) groups excluding carboxylic acids is 1. The molecule has 134 valence electrons. The highest BCUT2D eigenvalue weighted by molar-refractivity contribution is 5.89. The number of carbonyl (C=O) groups is 1. The molecule has 1 aliphatic carbocycles. The van der Waals surface area contributed by atoms with Crippen LogP contribution in [0.2, 0.25) is 0 Å². The molecule has 3 N–H and O–H groups in total. The highest BCUT2D eigenvalue weighted by atomic mass is 16.3. The van der Waals surface area contributed by atoms with E-state index in [0.717, 1.165) is 42.5 Å². The van der Waals surface area contributed by atoms with Crippen molar-refractivity contribution in [3.63, 3.8) is 0 Å². The minimum atomic E-state index is -0.237. The standard InChI is InChI=1S/C19H26N4O2/c1-13-6-3-4-9-16(13)17-11-18(23(2)22-17)21-19(25)20-12-14-7-5-8-15(24)10-14/h3-4,6,9,11,14-15,24H,5,7-8,10,12H2,1-2H3,(H2,20,21,25)/t14-,15+/m0/s1. The van der Waals surface area contributed by atoms with Crippen molar-refractivity contribution in [3.05, 3.63) is 35.9 Å². The van der Waals surface area contributed by atoms with Crippen LogP contribution in [0.15, 0.2) is 30.3 Å². The molecule has 0 spiro atoms. The third kappa shape index (κ3) is 4.39. The van der Waals surface area contributed by atoms with Crippen molar-refractivity contribution in [1.82, 2.24) is 15.1 Å². The number of aromatic nitrogens is 2. The normalized spacial score (nSPS) is 20.3. The molecule has 1 saturated carbocycles. The number of aryl methyl sites for hydroxylation is 2. The molecule has 2 amide bonds. The molecule has 25 heavy (non-hydrogen) atoms. The fourth-order valence-electron chi connectivity index (χ4n) is 3.42. The van der Waals surface area contributed by atoms with Crippen LogP contribution in [0, 0.1) is 12.8 Å². The summed E-state index contributed by atoms with van der Waals surface area (Å²) in [5, 5.41) is 20.0. The maximum absolute atomic E-state index is 12.2. The van der Waals surface area contributed by atoms with Crippen molar-refractivity contribution in [2.45, 2.75) is 38.7 Å². The van der Waals surface area contributed by atoms with Crippen molar-refractivity contribution < 1.29 is 9.90 Å². The SMILES string of the molecule is Cc1ccccc1-c1cc(NC(=O)NC[C@H]2CCC[C@@H](O)C2)n(C)n1. The lowest BCUT2D eigenvalue weighted by atomic mass is 9.87. The van der Waals surface area contributed by atoms with Gasteiger partial charge in [0, 0.05) is 25.2 Å². The van der Waals surface area contributed by atoms with Gasteiger partial charge in [0.05, 0.1) is 11.8 Å². The monoisotopic (exact) mass is 342 g/mol. The lowest BCUT2D eigenvalue weighted by Gasteiger charge is -2.25. The van der Waals surface area contributed by atoms with E-state index in [9.17, 15) is 9.90 Å². The zero-order valence-corrected chi connectivity index (χ0v) is 14.8. The van der Waals surface area contributed by atoms with Gasteiger partial charge in [-0.2, -0.15) is 5.10 Å². The molecule has 6 heteroatoms. The highest BCUT2D eigenvalue weighted by Crippen LogP contribution is 2.25. The Hall–Kier alpha value is -2.34. The van der Waals surface area contributed by atoms with Crippen LogP contribution in [0.5, 0.6) is 0 Å². The second-order valence-corrected chi connectivity index (χ2v) is 6.87. The van der Waals surface area contributed by atoms with Crippen LogP contribution < -0.4 is 10.6 Å². The van der Waals surface area contributed by atoms with Crippen LogP contribution in [0.3, 0.4) is 0 Å². The maximum Gasteiger partial charge on any atom is 0.320 e. The zero-order chi connectivity index (χ0) is 17.8. The number of rotatable bonds is 4. The molecule has 0 radical (unpaired) electrons. The zero-order valence-electron chi connectivity index (χ0n) is 14.8. The van der Waals surface area contributed by atoms with Gasteiger partial charge in [0.2, 0.25) is 0 Å². The smallest absolute Gasteiger partial charge is 0.320 e. The van der Waals surface area contributed by atoms with E-state index in [2.05, 4.69) is 15.7 Å². The Morgan fingerprint density at radius 3 is 2.92 bits per heavy atom. The molecule has 0 bridgehead atoms. The number of anilines is 1. The maximum atomic E-state index is 12.2. The lowest BCUT2D eigenvalue weighted by Crippen LogP contribution is -2.35. The van der Waals surface area contributed by atoms with E-state index in [1.165, 1.54) is 0 Å². The third-order valence-corrected chi connectivity index (χ3v) is 4.85. The number of urea groups is 1. The number of aliphatic hydroxyl groups is 1. The average molecular weight is 342 g/mol. The van der Waals surface area contributed by atoms with Gasteiger partial charge in [-0.1, -0.05) is 30.7 Å². The molecule has 1 aromatic heterocycles. The van der Waals surface area contributed by atoms with Crippen LogP contribution in [-0.4, -0.2) is 33.6 Å².